The van der Waals surface area contributed by atoms with Crippen molar-refractivity contribution in [3.05, 3.63) is 77.8 Å². The van der Waals surface area contributed by atoms with Crippen LogP contribution in [0.1, 0.15) is 11.6 Å². The van der Waals surface area contributed by atoms with Gasteiger partial charge in [-0.2, -0.15) is 5.26 Å². The van der Waals surface area contributed by atoms with E-state index in [0.717, 1.165) is 17.4 Å². The molecular weight excluding hydrogens is 448 g/mol. The number of fused-ring (bicyclic) bond motifs is 1. The third-order valence-electron chi connectivity index (χ3n) is 4.65. The van der Waals surface area contributed by atoms with Crippen LogP contribution in [0.25, 0.3) is 22.0 Å². The number of halogens is 1. The summed E-state index contributed by atoms with van der Waals surface area (Å²) in [6.45, 7) is 0. The first-order valence-electron chi connectivity index (χ1n) is 9.43. The molecule has 0 saturated heterocycles. The van der Waals surface area contributed by atoms with E-state index in [4.69, 9.17) is 11.6 Å². The van der Waals surface area contributed by atoms with Crippen molar-refractivity contribution in [2.75, 3.05) is 16.3 Å². The largest absolute Gasteiger partial charge is 0.350 e. The van der Waals surface area contributed by atoms with Gasteiger partial charge in [-0.25, -0.2) is 23.4 Å². The van der Waals surface area contributed by atoms with Crippen molar-refractivity contribution in [2.24, 2.45) is 0 Å². The number of hydrogen-bond donors (Lipinski definition) is 2. The standard InChI is InChI=1S/C22H17ClN6O2S/c1-32(30,31)29-19-10-16(12-25-21(19)23)15-7-8-18-17(9-15)22(27-13-26-18)28-20(11-24)14-5-3-2-4-6-14/h2-10,12-13,20,29H,1H3,(H,26,27,28). The van der Waals surface area contributed by atoms with Crippen molar-refractivity contribution in [3.63, 3.8) is 0 Å². The molecule has 0 amide bonds. The van der Waals surface area contributed by atoms with Crippen LogP contribution in [-0.2, 0) is 10.0 Å². The van der Waals surface area contributed by atoms with E-state index < -0.39 is 16.1 Å². The van der Waals surface area contributed by atoms with E-state index in [0.29, 0.717) is 22.3 Å². The molecular formula is C22H17ClN6O2S. The van der Waals surface area contributed by atoms with Gasteiger partial charge < -0.3 is 5.32 Å². The van der Waals surface area contributed by atoms with Crippen molar-refractivity contribution in [1.82, 2.24) is 15.0 Å². The highest BCUT2D eigenvalue weighted by Gasteiger charge is 2.15. The summed E-state index contributed by atoms with van der Waals surface area (Å²) in [6, 6.07) is 18.1. The Balaban J connectivity index is 1.75. The Kier molecular flexibility index (Phi) is 5.90. The van der Waals surface area contributed by atoms with E-state index in [-0.39, 0.29) is 10.8 Å². The first kappa shape index (κ1) is 21.5. The van der Waals surface area contributed by atoms with Gasteiger partial charge in [-0.05, 0) is 29.3 Å². The summed E-state index contributed by atoms with van der Waals surface area (Å²) in [6.07, 6.45) is 4.03. The Hall–Kier alpha value is -3.74. The lowest BCUT2D eigenvalue weighted by Gasteiger charge is -2.15. The van der Waals surface area contributed by atoms with E-state index in [1.807, 2.05) is 48.5 Å². The second kappa shape index (κ2) is 8.78. The van der Waals surface area contributed by atoms with Gasteiger partial charge >= 0.3 is 0 Å². The SMILES string of the molecule is CS(=O)(=O)Nc1cc(-c2ccc3ncnc(NC(C#N)c4ccccc4)c3c2)cnc1Cl. The third kappa shape index (κ3) is 4.77. The second-order valence-electron chi connectivity index (χ2n) is 7.01. The second-order valence-corrected chi connectivity index (χ2v) is 9.11. The minimum absolute atomic E-state index is 0.0466. The molecule has 2 N–H and O–H groups in total. The number of aromatic nitrogens is 3. The van der Waals surface area contributed by atoms with Gasteiger partial charge in [0.15, 0.2) is 5.15 Å². The summed E-state index contributed by atoms with van der Waals surface area (Å²) >= 11 is 6.04. The normalized spacial score (nSPS) is 12.2. The van der Waals surface area contributed by atoms with Crippen LogP contribution >= 0.6 is 11.6 Å². The van der Waals surface area contributed by atoms with Crippen LogP contribution in [0.5, 0.6) is 0 Å². The number of sulfonamides is 1. The van der Waals surface area contributed by atoms with Gasteiger partial charge in [0, 0.05) is 17.1 Å². The van der Waals surface area contributed by atoms with Crippen molar-refractivity contribution >= 4 is 44.0 Å². The number of benzene rings is 2. The van der Waals surface area contributed by atoms with Gasteiger partial charge in [-0.1, -0.05) is 48.0 Å². The number of rotatable bonds is 6. The molecule has 8 nitrogen and oxygen atoms in total. The Bertz CT molecular complexity index is 1440. The summed E-state index contributed by atoms with van der Waals surface area (Å²) in [5.74, 6) is 0.503. The van der Waals surface area contributed by atoms with Crippen LogP contribution in [0.4, 0.5) is 11.5 Å². The lowest BCUT2D eigenvalue weighted by molar-refractivity contribution is 0.607. The molecule has 2 aromatic heterocycles. The highest BCUT2D eigenvalue weighted by atomic mass is 35.5. The maximum atomic E-state index is 11.6. The molecule has 2 aromatic carbocycles. The molecule has 32 heavy (non-hydrogen) atoms. The molecule has 0 aliphatic rings. The molecule has 1 unspecified atom stereocenters. The molecule has 2 heterocycles. The zero-order valence-corrected chi connectivity index (χ0v) is 18.4. The van der Waals surface area contributed by atoms with E-state index in [1.54, 1.807) is 12.3 Å². The Morgan fingerprint density at radius 2 is 1.81 bits per heavy atom. The predicted molar refractivity (Wildman–Crippen MR) is 125 cm³/mol. The van der Waals surface area contributed by atoms with Crippen LogP contribution in [-0.4, -0.2) is 29.6 Å². The Morgan fingerprint density at radius 3 is 2.53 bits per heavy atom. The fraction of sp³-hybridized carbons (Fsp3) is 0.0909. The predicted octanol–water partition coefficient (Wildman–Crippen LogP) is 4.39. The molecule has 1 atom stereocenters. The lowest BCUT2D eigenvalue weighted by Crippen LogP contribution is -2.10. The number of nitrogens with zero attached hydrogens (tertiary/aromatic N) is 4. The van der Waals surface area contributed by atoms with Crippen molar-refractivity contribution in [2.45, 2.75) is 6.04 Å². The average molecular weight is 465 g/mol. The summed E-state index contributed by atoms with van der Waals surface area (Å²) in [4.78, 5) is 12.7. The summed E-state index contributed by atoms with van der Waals surface area (Å²) in [7, 11) is -3.52. The molecule has 0 radical (unpaired) electrons. The molecule has 0 spiro atoms. The molecule has 0 saturated carbocycles. The first-order valence-corrected chi connectivity index (χ1v) is 11.7. The quantitative estimate of drug-likeness (QED) is 0.406. The molecule has 4 aromatic rings. The summed E-state index contributed by atoms with van der Waals surface area (Å²) in [5, 5.41) is 13.6. The Morgan fingerprint density at radius 1 is 1.03 bits per heavy atom. The molecule has 0 bridgehead atoms. The third-order valence-corrected chi connectivity index (χ3v) is 5.54. The summed E-state index contributed by atoms with van der Waals surface area (Å²) < 4.78 is 25.6. The van der Waals surface area contributed by atoms with Crippen LogP contribution < -0.4 is 10.0 Å². The molecule has 0 fully saturated rings. The van der Waals surface area contributed by atoms with E-state index >= 15 is 0 Å². The van der Waals surface area contributed by atoms with E-state index in [9.17, 15) is 13.7 Å². The van der Waals surface area contributed by atoms with E-state index in [1.165, 1.54) is 6.33 Å². The van der Waals surface area contributed by atoms with Gasteiger partial charge in [0.05, 0.1) is 23.5 Å². The average Bonchev–Trinajstić information content (AvgIpc) is 2.78. The van der Waals surface area contributed by atoms with Gasteiger partial charge in [0.2, 0.25) is 10.0 Å². The van der Waals surface area contributed by atoms with E-state index in [2.05, 4.69) is 31.1 Å². The number of nitrogens with one attached hydrogen (secondary N) is 2. The lowest BCUT2D eigenvalue weighted by atomic mass is 10.0. The fourth-order valence-corrected chi connectivity index (χ4v) is 3.96. The first-order chi connectivity index (χ1) is 15.3. The molecule has 10 heteroatoms. The number of anilines is 2. The van der Waals surface area contributed by atoms with Crippen molar-refractivity contribution in [3.8, 4) is 17.2 Å². The zero-order valence-electron chi connectivity index (χ0n) is 16.8. The monoisotopic (exact) mass is 464 g/mol. The summed E-state index contributed by atoms with van der Waals surface area (Å²) in [5.41, 5.74) is 3.09. The van der Waals surface area contributed by atoms with Gasteiger partial charge in [0.25, 0.3) is 0 Å². The minimum atomic E-state index is -3.52. The van der Waals surface area contributed by atoms with Gasteiger partial charge in [0.1, 0.15) is 18.2 Å². The van der Waals surface area contributed by atoms with Crippen LogP contribution in [0.15, 0.2) is 67.1 Å². The molecule has 160 valence electrons. The molecule has 0 aliphatic carbocycles. The highest BCUT2D eigenvalue weighted by Crippen LogP contribution is 2.31. The van der Waals surface area contributed by atoms with Crippen LogP contribution in [0.3, 0.4) is 0 Å². The van der Waals surface area contributed by atoms with Gasteiger partial charge in [-0.3, -0.25) is 4.72 Å². The molecule has 0 aliphatic heterocycles. The smallest absolute Gasteiger partial charge is 0.229 e. The van der Waals surface area contributed by atoms with Crippen molar-refractivity contribution < 1.29 is 8.42 Å². The molecule has 4 rings (SSSR count). The maximum Gasteiger partial charge on any atom is 0.229 e. The number of hydrogen-bond acceptors (Lipinski definition) is 7. The number of pyridine rings is 1. The van der Waals surface area contributed by atoms with Crippen LogP contribution in [0, 0.1) is 11.3 Å². The Labute approximate surface area is 190 Å². The highest BCUT2D eigenvalue weighted by molar-refractivity contribution is 7.92. The van der Waals surface area contributed by atoms with Crippen molar-refractivity contribution in [1.29, 1.82) is 5.26 Å². The zero-order chi connectivity index (χ0) is 22.7. The van der Waals surface area contributed by atoms with Gasteiger partial charge in [-0.15, -0.1) is 0 Å². The minimum Gasteiger partial charge on any atom is -0.350 e. The fourth-order valence-electron chi connectivity index (χ4n) is 3.20. The van der Waals surface area contributed by atoms with Crippen LogP contribution in [0.2, 0.25) is 5.15 Å². The maximum absolute atomic E-state index is 11.6. The number of nitriles is 1. The topological polar surface area (TPSA) is 121 Å².